The third kappa shape index (κ3) is 3.24. The molecule has 0 saturated heterocycles. The molecule has 0 amide bonds. The largest absolute Gasteiger partial charge is 0.493 e. The Hall–Kier alpha value is -2.76. The van der Waals surface area contributed by atoms with Gasteiger partial charge in [0.15, 0.2) is 11.5 Å². The second-order valence-electron chi connectivity index (χ2n) is 6.01. The lowest BCUT2D eigenvalue weighted by Gasteiger charge is -2.20. The summed E-state index contributed by atoms with van der Waals surface area (Å²) in [7, 11) is 5.31. The van der Waals surface area contributed by atoms with Crippen LogP contribution in [0.4, 0.5) is 5.82 Å². The van der Waals surface area contributed by atoms with E-state index in [2.05, 4.69) is 34.4 Å². The van der Waals surface area contributed by atoms with Crippen molar-refractivity contribution in [3.05, 3.63) is 42.0 Å². The number of pyridine rings is 1. The van der Waals surface area contributed by atoms with Crippen LogP contribution in [0.15, 0.2) is 30.6 Å². The summed E-state index contributed by atoms with van der Waals surface area (Å²) in [4.78, 5) is 11.4. The first-order valence-electron chi connectivity index (χ1n) is 8.31. The van der Waals surface area contributed by atoms with Crippen LogP contribution in [0.25, 0.3) is 10.9 Å². The minimum atomic E-state index is 0.684. The van der Waals surface area contributed by atoms with E-state index in [4.69, 9.17) is 14.5 Å². The van der Waals surface area contributed by atoms with Gasteiger partial charge in [0, 0.05) is 37.4 Å². The molecule has 0 aliphatic carbocycles. The number of rotatable bonds is 6. The number of aromatic nitrogens is 3. The van der Waals surface area contributed by atoms with Crippen molar-refractivity contribution in [3.63, 3.8) is 0 Å². The van der Waals surface area contributed by atoms with Gasteiger partial charge < -0.3 is 18.9 Å². The number of benzene rings is 1. The van der Waals surface area contributed by atoms with Crippen LogP contribution in [0.2, 0.25) is 0 Å². The lowest BCUT2D eigenvalue weighted by molar-refractivity contribution is 0.356. The molecule has 0 aliphatic heterocycles. The van der Waals surface area contributed by atoms with Gasteiger partial charge in [-0.25, -0.2) is 9.97 Å². The molecule has 132 valence electrons. The third-order valence-corrected chi connectivity index (χ3v) is 4.42. The van der Waals surface area contributed by atoms with E-state index in [1.54, 1.807) is 14.2 Å². The van der Waals surface area contributed by atoms with Crippen molar-refractivity contribution >= 4 is 16.7 Å². The fraction of sp³-hybridized carbons (Fsp3) is 0.368. The Labute approximate surface area is 148 Å². The molecular formula is C19H24N4O2. The van der Waals surface area contributed by atoms with Crippen LogP contribution in [0, 0.1) is 6.92 Å². The maximum atomic E-state index is 5.41. The van der Waals surface area contributed by atoms with Gasteiger partial charge >= 0.3 is 0 Å². The van der Waals surface area contributed by atoms with Crippen molar-refractivity contribution in [2.24, 2.45) is 0 Å². The lowest BCUT2D eigenvalue weighted by atomic mass is 10.1. The molecule has 2 aromatic heterocycles. The second kappa shape index (κ2) is 7.01. The van der Waals surface area contributed by atoms with Crippen molar-refractivity contribution in [1.82, 2.24) is 14.5 Å². The Morgan fingerprint density at radius 3 is 2.52 bits per heavy atom. The van der Waals surface area contributed by atoms with Crippen LogP contribution in [-0.4, -0.2) is 35.8 Å². The van der Waals surface area contributed by atoms with Gasteiger partial charge in [-0.1, -0.05) is 0 Å². The molecule has 0 atom stereocenters. The molecule has 0 fully saturated rings. The maximum Gasteiger partial charge on any atom is 0.162 e. The summed E-state index contributed by atoms with van der Waals surface area (Å²) < 4.78 is 12.9. The van der Waals surface area contributed by atoms with Crippen molar-refractivity contribution in [1.29, 1.82) is 0 Å². The molecule has 2 heterocycles. The van der Waals surface area contributed by atoms with Crippen LogP contribution >= 0.6 is 0 Å². The van der Waals surface area contributed by atoms with E-state index in [1.165, 1.54) is 0 Å². The molecule has 0 spiro atoms. The smallest absolute Gasteiger partial charge is 0.162 e. The summed E-state index contributed by atoms with van der Waals surface area (Å²) in [5.74, 6) is 3.33. The van der Waals surface area contributed by atoms with Crippen molar-refractivity contribution < 1.29 is 9.47 Å². The van der Waals surface area contributed by atoms with Gasteiger partial charge in [0.05, 0.1) is 26.3 Å². The summed E-state index contributed by atoms with van der Waals surface area (Å²) >= 11 is 0. The fourth-order valence-corrected chi connectivity index (χ4v) is 2.97. The van der Waals surface area contributed by atoms with E-state index in [0.29, 0.717) is 18.0 Å². The van der Waals surface area contributed by atoms with E-state index < -0.39 is 0 Å². The van der Waals surface area contributed by atoms with Crippen LogP contribution in [0.5, 0.6) is 11.5 Å². The highest BCUT2D eigenvalue weighted by molar-refractivity contribution is 5.87. The van der Waals surface area contributed by atoms with Gasteiger partial charge in [0.25, 0.3) is 0 Å². The number of imidazole rings is 1. The summed E-state index contributed by atoms with van der Waals surface area (Å²) in [5.41, 5.74) is 2.03. The van der Waals surface area contributed by atoms with E-state index in [0.717, 1.165) is 34.7 Å². The number of ether oxygens (including phenoxy) is 2. The van der Waals surface area contributed by atoms with Crippen LogP contribution in [0.3, 0.4) is 0 Å². The summed E-state index contributed by atoms with van der Waals surface area (Å²) in [6.07, 6.45) is 3.84. The van der Waals surface area contributed by atoms with Gasteiger partial charge in [-0.2, -0.15) is 0 Å². The molecule has 0 aliphatic rings. The second-order valence-corrected chi connectivity index (χ2v) is 6.01. The quantitative estimate of drug-likeness (QED) is 0.688. The van der Waals surface area contributed by atoms with Crippen LogP contribution < -0.4 is 14.4 Å². The van der Waals surface area contributed by atoms with Gasteiger partial charge in [-0.15, -0.1) is 0 Å². The standard InChI is InChI=1S/C19H24N4O2/c1-6-23-8-7-20-19(23)12-22(3)18-9-13(2)14-10-16(24-4)17(25-5)11-15(14)21-18/h7-11H,6,12H2,1-5H3. The number of methoxy groups -OCH3 is 2. The van der Waals surface area contributed by atoms with Gasteiger partial charge in [-0.05, 0) is 31.5 Å². The molecule has 0 saturated carbocycles. The minimum Gasteiger partial charge on any atom is -0.493 e. The monoisotopic (exact) mass is 340 g/mol. The van der Waals surface area contributed by atoms with E-state index in [1.807, 2.05) is 31.6 Å². The molecule has 3 aromatic rings. The Bertz CT molecular complexity index is 889. The highest BCUT2D eigenvalue weighted by atomic mass is 16.5. The molecule has 0 unspecified atom stereocenters. The molecule has 0 radical (unpaired) electrons. The van der Waals surface area contributed by atoms with E-state index in [9.17, 15) is 0 Å². The first-order valence-corrected chi connectivity index (χ1v) is 8.31. The molecule has 0 bridgehead atoms. The fourth-order valence-electron chi connectivity index (χ4n) is 2.97. The molecular weight excluding hydrogens is 316 g/mol. The van der Waals surface area contributed by atoms with Gasteiger partial charge in [0.1, 0.15) is 11.6 Å². The Morgan fingerprint density at radius 1 is 1.12 bits per heavy atom. The maximum absolute atomic E-state index is 5.41. The third-order valence-electron chi connectivity index (χ3n) is 4.42. The Balaban J connectivity index is 1.99. The molecule has 25 heavy (non-hydrogen) atoms. The first-order chi connectivity index (χ1) is 12.1. The molecule has 3 rings (SSSR count). The van der Waals surface area contributed by atoms with Gasteiger partial charge in [-0.3, -0.25) is 0 Å². The molecule has 6 heteroatoms. The number of aryl methyl sites for hydroxylation is 2. The van der Waals surface area contributed by atoms with Crippen molar-refractivity contribution in [2.45, 2.75) is 26.9 Å². The molecule has 1 aromatic carbocycles. The SMILES string of the molecule is CCn1ccnc1CN(C)c1cc(C)c2cc(OC)c(OC)cc2n1. The normalized spacial score (nSPS) is 10.9. The first kappa shape index (κ1) is 17.1. The summed E-state index contributed by atoms with van der Waals surface area (Å²) in [5, 5.41) is 1.06. The molecule has 0 N–H and O–H groups in total. The zero-order valence-corrected chi connectivity index (χ0v) is 15.4. The topological polar surface area (TPSA) is 52.4 Å². The van der Waals surface area contributed by atoms with Crippen molar-refractivity contribution in [3.8, 4) is 11.5 Å². The molecule has 6 nitrogen and oxygen atoms in total. The number of anilines is 1. The average molecular weight is 340 g/mol. The number of fused-ring (bicyclic) bond motifs is 1. The van der Waals surface area contributed by atoms with Gasteiger partial charge in [0.2, 0.25) is 0 Å². The zero-order chi connectivity index (χ0) is 18.0. The predicted octanol–water partition coefficient (Wildman–Crippen LogP) is 3.41. The number of hydrogen-bond donors (Lipinski definition) is 0. The lowest BCUT2D eigenvalue weighted by Crippen LogP contribution is -2.20. The van der Waals surface area contributed by atoms with Crippen molar-refractivity contribution in [2.75, 3.05) is 26.2 Å². The van der Waals surface area contributed by atoms with Crippen LogP contribution in [-0.2, 0) is 13.1 Å². The zero-order valence-electron chi connectivity index (χ0n) is 15.4. The van der Waals surface area contributed by atoms with Crippen LogP contribution in [0.1, 0.15) is 18.3 Å². The minimum absolute atomic E-state index is 0.684. The summed E-state index contributed by atoms with van der Waals surface area (Å²) in [6, 6.07) is 5.99. The highest BCUT2D eigenvalue weighted by Gasteiger charge is 2.13. The highest BCUT2D eigenvalue weighted by Crippen LogP contribution is 2.34. The van der Waals surface area contributed by atoms with E-state index >= 15 is 0 Å². The Kier molecular flexibility index (Phi) is 4.79. The van der Waals surface area contributed by atoms with E-state index in [-0.39, 0.29) is 0 Å². The predicted molar refractivity (Wildman–Crippen MR) is 99.6 cm³/mol. The number of hydrogen-bond acceptors (Lipinski definition) is 5. The average Bonchev–Trinajstić information content (AvgIpc) is 3.07. The Morgan fingerprint density at radius 2 is 1.84 bits per heavy atom. The number of nitrogens with zero attached hydrogens (tertiary/aromatic N) is 4. The summed E-state index contributed by atoms with van der Waals surface area (Å²) in [6.45, 7) is 5.81.